The topological polar surface area (TPSA) is 98.6 Å². The van der Waals surface area contributed by atoms with Crippen molar-refractivity contribution in [3.8, 4) is 11.1 Å². The maximum absolute atomic E-state index is 12.3. The quantitative estimate of drug-likeness (QED) is 0.494. The molecule has 194 valence electrons. The highest BCUT2D eigenvalue weighted by molar-refractivity contribution is 6.09. The van der Waals surface area contributed by atoms with Gasteiger partial charge in [-0.3, -0.25) is 9.79 Å². The van der Waals surface area contributed by atoms with Gasteiger partial charge in [0.2, 0.25) is 0 Å². The number of pyridine rings is 1. The average Bonchev–Trinajstić information content (AvgIpc) is 3.74. The highest BCUT2D eigenvalue weighted by Crippen LogP contribution is 2.40. The Balaban J connectivity index is 1.66. The van der Waals surface area contributed by atoms with Crippen LogP contribution in [-0.4, -0.2) is 53.1 Å². The van der Waals surface area contributed by atoms with Gasteiger partial charge in [0.1, 0.15) is 5.82 Å². The molecule has 1 atom stereocenters. The molecule has 1 aliphatic carbocycles. The number of fused-ring (bicyclic) bond motifs is 1. The Kier molecular flexibility index (Phi) is 7.11. The Morgan fingerprint density at radius 3 is 2.76 bits per heavy atom. The van der Waals surface area contributed by atoms with Gasteiger partial charge in [0.15, 0.2) is 5.82 Å². The molecule has 8 heteroatoms. The Morgan fingerprint density at radius 1 is 1.24 bits per heavy atom. The number of allylic oxidation sites excluding steroid dienone is 1. The van der Waals surface area contributed by atoms with Crippen molar-refractivity contribution < 1.29 is 4.74 Å². The second-order valence-corrected chi connectivity index (χ2v) is 10.6. The molecule has 2 N–H and O–H groups in total. The van der Waals surface area contributed by atoms with E-state index in [1.165, 1.54) is 19.0 Å². The minimum Gasteiger partial charge on any atom is -0.404 e. The van der Waals surface area contributed by atoms with E-state index >= 15 is 0 Å². The van der Waals surface area contributed by atoms with Gasteiger partial charge < -0.3 is 19.9 Å². The zero-order valence-electron chi connectivity index (χ0n) is 22.1. The molecule has 0 spiro atoms. The molecule has 8 nitrogen and oxygen atoms in total. The molecular weight excluding hydrogens is 464 g/mol. The number of anilines is 1. The molecule has 0 bridgehead atoms. The first kappa shape index (κ1) is 25.1. The van der Waals surface area contributed by atoms with Crippen LogP contribution in [0.5, 0.6) is 0 Å². The van der Waals surface area contributed by atoms with E-state index in [2.05, 4.69) is 35.9 Å². The zero-order valence-corrected chi connectivity index (χ0v) is 22.1. The van der Waals surface area contributed by atoms with Crippen molar-refractivity contribution in [2.24, 2.45) is 29.6 Å². The summed E-state index contributed by atoms with van der Waals surface area (Å²) in [6.07, 6.45) is 7.64. The van der Waals surface area contributed by atoms with Crippen molar-refractivity contribution in [3.05, 3.63) is 58.4 Å². The highest BCUT2D eigenvalue weighted by Gasteiger charge is 2.38. The first-order valence-electron chi connectivity index (χ1n) is 13.1. The molecule has 0 amide bonds. The lowest BCUT2D eigenvalue weighted by molar-refractivity contribution is 0.0876. The largest absolute Gasteiger partial charge is 0.404 e. The first-order chi connectivity index (χ1) is 17.9. The molecule has 5 rings (SSSR count). The van der Waals surface area contributed by atoms with E-state index in [1.807, 2.05) is 25.3 Å². The second-order valence-electron chi connectivity index (χ2n) is 10.6. The van der Waals surface area contributed by atoms with E-state index in [0.29, 0.717) is 54.6 Å². The lowest BCUT2D eigenvalue weighted by atomic mass is 10.0. The molecule has 37 heavy (non-hydrogen) atoms. The van der Waals surface area contributed by atoms with E-state index in [1.54, 1.807) is 17.8 Å². The number of aliphatic imine (C=N–C) groups is 1. The lowest BCUT2D eigenvalue weighted by Gasteiger charge is -2.37. The minimum absolute atomic E-state index is 0.0130. The van der Waals surface area contributed by atoms with Crippen LogP contribution in [0, 0.1) is 18.8 Å². The van der Waals surface area contributed by atoms with Crippen LogP contribution in [0.3, 0.4) is 0 Å². The van der Waals surface area contributed by atoms with Crippen LogP contribution in [0.1, 0.15) is 38.1 Å². The molecule has 0 radical (unpaired) electrons. The molecule has 2 aliphatic rings. The molecule has 1 aromatic carbocycles. The molecule has 2 aromatic heterocycles. The Labute approximate surface area is 217 Å². The van der Waals surface area contributed by atoms with E-state index in [0.717, 1.165) is 34.4 Å². The number of nitrogens with two attached hydrogens (primary N) is 1. The fourth-order valence-corrected chi connectivity index (χ4v) is 4.97. The summed E-state index contributed by atoms with van der Waals surface area (Å²) < 4.78 is 7.52. The van der Waals surface area contributed by atoms with Gasteiger partial charge in [-0.15, -0.1) is 0 Å². The summed E-state index contributed by atoms with van der Waals surface area (Å²) in [6, 6.07) is 8.47. The second kappa shape index (κ2) is 10.5. The number of rotatable bonds is 7. The number of benzene rings is 1. The van der Waals surface area contributed by atoms with Crippen molar-refractivity contribution in [3.63, 3.8) is 0 Å². The summed E-state index contributed by atoms with van der Waals surface area (Å²) in [6.45, 7) is 8.98. The van der Waals surface area contributed by atoms with Gasteiger partial charge in [0, 0.05) is 49.7 Å². The number of hydrogen-bond donors (Lipinski definition) is 1. The van der Waals surface area contributed by atoms with Crippen LogP contribution in [0.4, 0.5) is 5.82 Å². The highest BCUT2D eigenvalue weighted by atomic mass is 16.5. The van der Waals surface area contributed by atoms with Gasteiger partial charge in [0.05, 0.1) is 30.3 Å². The van der Waals surface area contributed by atoms with E-state index in [4.69, 9.17) is 20.4 Å². The number of morpholine rings is 1. The van der Waals surface area contributed by atoms with Crippen molar-refractivity contribution in [1.29, 1.82) is 0 Å². The van der Waals surface area contributed by atoms with Crippen LogP contribution in [0.15, 0.2) is 46.4 Å². The summed E-state index contributed by atoms with van der Waals surface area (Å²) in [5.74, 6) is 2.56. The maximum Gasteiger partial charge on any atom is 0.253 e. The van der Waals surface area contributed by atoms with Crippen LogP contribution >= 0.6 is 0 Å². The Morgan fingerprint density at radius 2 is 2.05 bits per heavy atom. The number of aromatic nitrogens is 3. The number of aryl methyl sites for hydroxylation is 2. The van der Waals surface area contributed by atoms with Crippen molar-refractivity contribution in [2.45, 2.75) is 39.7 Å². The van der Waals surface area contributed by atoms with Gasteiger partial charge in [-0.25, -0.2) is 9.97 Å². The van der Waals surface area contributed by atoms with Gasteiger partial charge in [-0.2, -0.15) is 0 Å². The summed E-state index contributed by atoms with van der Waals surface area (Å²) in [5, 5.41) is 0.982. The van der Waals surface area contributed by atoms with Crippen molar-refractivity contribution in [1.82, 2.24) is 14.5 Å². The normalized spacial score (nSPS) is 18.9. The summed E-state index contributed by atoms with van der Waals surface area (Å²) in [5.41, 5.74) is 10.3. The smallest absolute Gasteiger partial charge is 0.253 e. The monoisotopic (exact) mass is 500 g/mol. The first-order valence-corrected chi connectivity index (χ1v) is 13.1. The van der Waals surface area contributed by atoms with Crippen molar-refractivity contribution >= 4 is 28.5 Å². The predicted octanol–water partition coefficient (Wildman–Crippen LogP) is 3.95. The molecule has 1 saturated carbocycles. The SMILES string of the molecule is Cc1cc(-c2ccc3nc(/C(C=NCC(C)C)=C/N)nc(N4CCOCC4C4CC4)c3c2)cn(C)c1=O. The zero-order chi connectivity index (χ0) is 26.1. The van der Waals surface area contributed by atoms with Crippen molar-refractivity contribution in [2.75, 3.05) is 31.2 Å². The van der Waals surface area contributed by atoms with Crippen LogP contribution in [0.2, 0.25) is 0 Å². The molecule has 1 aliphatic heterocycles. The van der Waals surface area contributed by atoms with Gasteiger partial charge >= 0.3 is 0 Å². The summed E-state index contributed by atoms with van der Waals surface area (Å²) in [4.78, 5) is 29.2. The van der Waals surface area contributed by atoms with Gasteiger partial charge in [-0.05, 0) is 60.9 Å². The van der Waals surface area contributed by atoms with Crippen LogP contribution in [0.25, 0.3) is 27.6 Å². The number of nitrogens with zero attached hydrogens (tertiary/aromatic N) is 5. The van der Waals surface area contributed by atoms with E-state index in [9.17, 15) is 4.79 Å². The average molecular weight is 501 g/mol. The molecule has 3 heterocycles. The fourth-order valence-electron chi connectivity index (χ4n) is 4.97. The summed E-state index contributed by atoms with van der Waals surface area (Å²) >= 11 is 0. The predicted molar refractivity (Wildman–Crippen MR) is 150 cm³/mol. The summed E-state index contributed by atoms with van der Waals surface area (Å²) in [7, 11) is 1.79. The number of ether oxygens (including phenoxy) is 1. The maximum atomic E-state index is 12.3. The Bertz CT molecular complexity index is 1390. The third-order valence-corrected chi connectivity index (χ3v) is 7.11. The fraction of sp³-hybridized carbons (Fsp3) is 0.448. The molecule has 3 aromatic rings. The van der Waals surface area contributed by atoms with E-state index in [-0.39, 0.29) is 5.56 Å². The van der Waals surface area contributed by atoms with Crippen LogP contribution < -0.4 is 16.2 Å². The van der Waals surface area contributed by atoms with Gasteiger partial charge in [-0.1, -0.05) is 19.9 Å². The standard InChI is InChI=1S/C29H36N6O2/c1-18(2)14-31-15-23(13-30)27-32-25-8-7-21(22-11-19(3)29(36)34(4)16-22)12-24(25)28(33-27)35-9-10-37-17-26(35)20-5-6-20/h7-8,11-13,15-16,18,20,26H,5-6,9-10,14,17,30H2,1-4H3/b23-13+,31-15?. The third-order valence-electron chi connectivity index (χ3n) is 7.11. The minimum atomic E-state index is 0.0130. The Hall–Kier alpha value is -3.52. The third kappa shape index (κ3) is 5.30. The van der Waals surface area contributed by atoms with E-state index < -0.39 is 0 Å². The molecular formula is C29H36N6O2. The molecule has 1 unspecified atom stereocenters. The number of hydrogen-bond acceptors (Lipinski definition) is 7. The lowest BCUT2D eigenvalue weighted by Crippen LogP contribution is -2.47. The van der Waals surface area contributed by atoms with Crippen LogP contribution in [-0.2, 0) is 11.8 Å². The van der Waals surface area contributed by atoms with Gasteiger partial charge in [0.25, 0.3) is 5.56 Å². The molecule has 1 saturated heterocycles. The molecule has 2 fully saturated rings.